The molecule has 0 bridgehead atoms. The largest absolute Gasteiger partial charge is 0.481 e. The van der Waals surface area contributed by atoms with E-state index in [1.54, 1.807) is 0 Å². The summed E-state index contributed by atoms with van der Waals surface area (Å²) in [4.78, 5) is 21.4. The van der Waals surface area contributed by atoms with E-state index < -0.39 is 11.9 Å². The summed E-state index contributed by atoms with van der Waals surface area (Å²) in [5.74, 6) is -1.37. The Kier molecular flexibility index (Phi) is 30.1. The Hall–Kier alpha value is -1.62. The van der Waals surface area contributed by atoms with Crippen molar-refractivity contribution >= 4 is 11.9 Å². The number of carboxylic acids is 2. The van der Waals surface area contributed by atoms with Gasteiger partial charge >= 0.3 is 11.9 Å². The molecule has 5 nitrogen and oxygen atoms in total. The smallest absolute Gasteiger partial charge is 0.303 e. The molecular weight excluding hydrogens is 512 g/mol. The van der Waals surface area contributed by atoms with Gasteiger partial charge in [-0.25, -0.2) is 0 Å². The van der Waals surface area contributed by atoms with Crippen molar-refractivity contribution < 1.29 is 24.5 Å². The molecule has 0 aromatic rings. The van der Waals surface area contributed by atoms with Crippen molar-refractivity contribution in [1.29, 1.82) is 0 Å². The van der Waals surface area contributed by atoms with E-state index in [1.807, 2.05) is 0 Å². The zero-order valence-corrected chi connectivity index (χ0v) is 27.0. The van der Waals surface area contributed by atoms with E-state index in [-0.39, 0.29) is 12.2 Å². The van der Waals surface area contributed by atoms with Gasteiger partial charge < -0.3 is 14.9 Å². The molecular formula is C36H66O5. The molecule has 0 aromatic heterocycles. The molecule has 0 radical (unpaired) electrons. The summed E-state index contributed by atoms with van der Waals surface area (Å²) in [7, 11) is 0. The van der Waals surface area contributed by atoms with Crippen LogP contribution in [-0.4, -0.2) is 34.4 Å². The molecule has 41 heavy (non-hydrogen) atoms. The molecule has 2 atom stereocenters. The summed E-state index contributed by atoms with van der Waals surface area (Å²) in [5, 5.41) is 17.6. The highest BCUT2D eigenvalue weighted by Gasteiger charge is 2.15. The molecule has 0 spiro atoms. The van der Waals surface area contributed by atoms with Crippen molar-refractivity contribution in [3.8, 4) is 0 Å². The number of allylic oxidation sites excluding steroid dienone is 2. The fourth-order valence-electron chi connectivity index (χ4n) is 5.22. The maximum absolute atomic E-state index is 10.7. The van der Waals surface area contributed by atoms with E-state index in [1.165, 1.54) is 77.0 Å². The molecule has 240 valence electrons. The average Bonchev–Trinajstić information content (AvgIpc) is 2.94. The SMILES string of the molecule is CCCCC/C=C/CC(CCCCCCCCC(=O)O)OC(C/C=C/CCCCC)CCCCCCCCC(=O)O. The van der Waals surface area contributed by atoms with Gasteiger partial charge in [0, 0.05) is 12.8 Å². The molecule has 0 aromatic carbocycles. The quantitative estimate of drug-likeness (QED) is 0.0612. The molecule has 0 fully saturated rings. The van der Waals surface area contributed by atoms with Crippen LogP contribution in [0.15, 0.2) is 24.3 Å². The normalized spacial score (nSPS) is 13.3. The second kappa shape index (κ2) is 31.3. The molecule has 0 aliphatic carbocycles. The maximum atomic E-state index is 10.7. The van der Waals surface area contributed by atoms with Gasteiger partial charge in [-0.1, -0.05) is 128 Å². The molecule has 0 saturated carbocycles. The summed E-state index contributed by atoms with van der Waals surface area (Å²) >= 11 is 0. The van der Waals surface area contributed by atoms with E-state index in [0.29, 0.717) is 12.8 Å². The van der Waals surface area contributed by atoms with Gasteiger partial charge in [-0.05, 0) is 64.2 Å². The van der Waals surface area contributed by atoms with Crippen molar-refractivity contribution in [2.24, 2.45) is 0 Å². The Labute approximate surface area is 253 Å². The first-order chi connectivity index (χ1) is 20.0. The Balaban J connectivity index is 4.79. The van der Waals surface area contributed by atoms with Crippen molar-refractivity contribution in [1.82, 2.24) is 0 Å². The third kappa shape index (κ3) is 31.2. The first-order valence-corrected chi connectivity index (χ1v) is 17.4. The summed E-state index contributed by atoms with van der Waals surface area (Å²) in [6, 6.07) is 0. The van der Waals surface area contributed by atoms with E-state index in [2.05, 4.69) is 38.2 Å². The number of unbranched alkanes of at least 4 members (excludes halogenated alkanes) is 16. The van der Waals surface area contributed by atoms with Gasteiger partial charge in [0.1, 0.15) is 0 Å². The lowest BCUT2D eigenvalue weighted by molar-refractivity contribution is -0.138. The summed E-state index contributed by atoms with van der Waals surface area (Å²) in [6.07, 6.45) is 37.6. The monoisotopic (exact) mass is 578 g/mol. The molecule has 5 heteroatoms. The van der Waals surface area contributed by atoms with Gasteiger partial charge in [0.05, 0.1) is 12.2 Å². The van der Waals surface area contributed by atoms with E-state index in [4.69, 9.17) is 14.9 Å². The van der Waals surface area contributed by atoms with E-state index >= 15 is 0 Å². The highest BCUT2D eigenvalue weighted by molar-refractivity contribution is 5.66. The standard InChI is InChI=1S/C36H66O5/c1-3-5-7-9-15-21-27-33(29-23-17-11-13-19-25-31-35(37)38)41-34(28-22-16-10-8-6-4-2)30-24-18-12-14-20-26-32-36(39)40/h15-16,21-22,33-34H,3-14,17-20,23-32H2,1-2H3,(H,37,38)(H,39,40)/b21-15+,22-16+. The second-order valence-corrected chi connectivity index (χ2v) is 11.9. The van der Waals surface area contributed by atoms with Crippen LogP contribution in [0.5, 0.6) is 0 Å². The molecule has 0 amide bonds. The number of hydrogen-bond donors (Lipinski definition) is 2. The minimum absolute atomic E-state index is 0.263. The Morgan fingerprint density at radius 1 is 0.512 bits per heavy atom. The van der Waals surface area contributed by atoms with Crippen LogP contribution in [0.2, 0.25) is 0 Å². The van der Waals surface area contributed by atoms with Crippen molar-refractivity contribution in [3.63, 3.8) is 0 Å². The summed E-state index contributed by atoms with van der Waals surface area (Å²) in [5.41, 5.74) is 0. The van der Waals surface area contributed by atoms with Crippen LogP contribution in [0.3, 0.4) is 0 Å². The van der Waals surface area contributed by atoms with Crippen molar-refractivity contribution in [3.05, 3.63) is 24.3 Å². The third-order valence-corrected chi connectivity index (χ3v) is 7.80. The number of rotatable bonds is 32. The lowest BCUT2D eigenvalue weighted by atomic mass is 10.0. The minimum Gasteiger partial charge on any atom is -0.481 e. The lowest BCUT2D eigenvalue weighted by Crippen LogP contribution is -2.22. The number of ether oxygens (including phenoxy) is 1. The highest BCUT2D eigenvalue weighted by atomic mass is 16.5. The second-order valence-electron chi connectivity index (χ2n) is 11.9. The van der Waals surface area contributed by atoms with Crippen LogP contribution in [0, 0.1) is 0 Å². The Morgan fingerprint density at radius 2 is 0.878 bits per heavy atom. The predicted octanol–water partition coefficient (Wildman–Crippen LogP) is 11.2. The van der Waals surface area contributed by atoms with E-state index in [0.717, 1.165) is 77.0 Å². The molecule has 2 N–H and O–H groups in total. The van der Waals surface area contributed by atoms with Gasteiger partial charge in [-0.2, -0.15) is 0 Å². The molecule has 0 heterocycles. The van der Waals surface area contributed by atoms with Crippen LogP contribution >= 0.6 is 0 Å². The third-order valence-electron chi connectivity index (χ3n) is 7.80. The van der Waals surface area contributed by atoms with Crippen LogP contribution in [0.25, 0.3) is 0 Å². The molecule has 2 unspecified atom stereocenters. The van der Waals surface area contributed by atoms with Crippen LogP contribution in [0.1, 0.15) is 181 Å². The van der Waals surface area contributed by atoms with Gasteiger partial charge in [-0.3, -0.25) is 9.59 Å². The van der Waals surface area contributed by atoms with Crippen LogP contribution in [0.4, 0.5) is 0 Å². The van der Waals surface area contributed by atoms with Gasteiger partial charge in [0.15, 0.2) is 0 Å². The zero-order valence-electron chi connectivity index (χ0n) is 27.0. The van der Waals surface area contributed by atoms with Crippen molar-refractivity contribution in [2.75, 3.05) is 0 Å². The topological polar surface area (TPSA) is 83.8 Å². The molecule has 0 aliphatic rings. The molecule has 0 saturated heterocycles. The fraction of sp³-hybridized carbons (Fsp3) is 0.833. The number of carboxylic acid groups (broad SMARTS) is 2. The Morgan fingerprint density at radius 3 is 1.24 bits per heavy atom. The van der Waals surface area contributed by atoms with Crippen LogP contribution < -0.4 is 0 Å². The van der Waals surface area contributed by atoms with Crippen LogP contribution in [-0.2, 0) is 14.3 Å². The van der Waals surface area contributed by atoms with Gasteiger partial charge in [-0.15, -0.1) is 0 Å². The lowest BCUT2D eigenvalue weighted by Gasteiger charge is -2.24. The maximum Gasteiger partial charge on any atom is 0.303 e. The number of aliphatic carboxylic acids is 2. The number of carbonyl (C=O) groups is 2. The fourth-order valence-corrected chi connectivity index (χ4v) is 5.22. The summed E-state index contributed by atoms with van der Waals surface area (Å²) in [6.45, 7) is 4.50. The van der Waals surface area contributed by atoms with Gasteiger partial charge in [0.2, 0.25) is 0 Å². The zero-order chi connectivity index (χ0) is 30.2. The Bertz CT molecular complexity index is 588. The number of hydrogen-bond acceptors (Lipinski definition) is 3. The van der Waals surface area contributed by atoms with Crippen molar-refractivity contribution in [2.45, 2.75) is 193 Å². The van der Waals surface area contributed by atoms with E-state index in [9.17, 15) is 9.59 Å². The average molecular weight is 579 g/mol. The molecule has 0 aliphatic heterocycles. The highest BCUT2D eigenvalue weighted by Crippen LogP contribution is 2.21. The predicted molar refractivity (Wildman–Crippen MR) is 174 cm³/mol. The first-order valence-electron chi connectivity index (χ1n) is 17.4. The summed E-state index contributed by atoms with van der Waals surface area (Å²) < 4.78 is 6.82. The minimum atomic E-state index is -0.686. The van der Waals surface area contributed by atoms with Gasteiger partial charge in [0.25, 0.3) is 0 Å². The first kappa shape index (κ1) is 39.4. The molecule has 0 rings (SSSR count).